The summed E-state index contributed by atoms with van der Waals surface area (Å²) in [6, 6.07) is 3.40. The van der Waals surface area contributed by atoms with E-state index in [2.05, 4.69) is 10.4 Å². The molecular weight excluding hydrogens is 255 g/mol. The van der Waals surface area contributed by atoms with E-state index >= 15 is 0 Å². The van der Waals surface area contributed by atoms with Crippen LogP contribution in [0, 0.1) is 11.6 Å². The summed E-state index contributed by atoms with van der Waals surface area (Å²) in [7, 11) is 0. The number of hydrogen-bond acceptors (Lipinski definition) is 2. The number of hydrogen-bond donors (Lipinski definition) is 1. The van der Waals surface area contributed by atoms with Crippen molar-refractivity contribution in [3.05, 3.63) is 53.4 Å². The number of alkyl halides is 1. The molecular formula is C13H14F3N3. The highest BCUT2D eigenvalue weighted by Gasteiger charge is 2.02. The average Bonchev–Trinajstić information content (AvgIpc) is 2.76. The van der Waals surface area contributed by atoms with Gasteiger partial charge in [0, 0.05) is 30.9 Å². The number of halogens is 3. The second-order valence-corrected chi connectivity index (χ2v) is 4.18. The largest absolute Gasteiger partial charge is 0.308 e. The third-order valence-electron chi connectivity index (χ3n) is 2.58. The maximum absolute atomic E-state index is 12.9. The Morgan fingerprint density at radius 2 is 1.74 bits per heavy atom. The van der Waals surface area contributed by atoms with Crippen LogP contribution in [0.25, 0.3) is 0 Å². The molecule has 1 N–H and O–H groups in total. The topological polar surface area (TPSA) is 29.9 Å². The molecule has 0 amide bonds. The minimum Gasteiger partial charge on any atom is -0.308 e. The normalized spacial score (nSPS) is 10.9. The van der Waals surface area contributed by atoms with Crippen molar-refractivity contribution in [2.24, 2.45) is 0 Å². The molecule has 102 valence electrons. The number of benzene rings is 1. The molecule has 0 fully saturated rings. The molecule has 0 atom stereocenters. The van der Waals surface area contributed by atoms with Crippen LogP contribution < -0.4 is 5.32 Å². The van der Waals surface area contributed by atoms with Crippen LogP contribution in [0.3, 0.4) is 0 Å². The zero-order valence-corrected chi connectivity index (χ0v) is 10.2. The summed E-state index contributed by atoms with van der Waals surface area (Å²) in [5.74, 6) is -1.18. The van der Waals surface area contributed by atoms with Crippen molar-refractivity contribution in [3.63, 3.8) is 0 Å². The van der Waals surface area contributed by atoms with Gasteiger partial charge in [0.2, 0.25) is 0 Å². The van der Waals surface area contributed by atoms with Crippen molar-refractivity contribution in [1.29, 1.82) is 0 Å². The maximum Gasteiger partial charge on any atom is 0.126 e. The lowest BCUT2D eigenvalue weighted by Crippen LogP contribution is -2.12. The van der Waals surface area contributed by atoms with Crippen molar-refractivity contribution >= 4 is 0 Å². The molecule has 0 saturated heterocycles. The summed E-state index contributed by atoms with van der Waals surface area (Å²) in [6.45, 7) is 0.625. The molecule has 0 aliphatic heterocycles. The molecule has 0 bridgehead atoms. The predicted molar refractivity (Wildman–Crippen MR) is 65.1 cm³/mol. The number of aromatic nitrogens is 2. The second kappa shape index (κ2) is 6.38. The number of rotatable bonds is 6. The first kappa shape index (κ1) is 13.6. The third-order valence-corrected chi connectivity index (χ3v) is 2.58. The van der Waals surface area contributed by atoms with Gasteiger partial charge in [-0.2, -0.15) is 5.10 Å². The van der Waals surface area contributed by atoms with Gasteiger partial charge in [-0.3, -0.25) is 4.68 Å². The lowest BCUT2D eigenvalue weighted by molar-refractivity contribution is 0.427. The second-order valence-electron chi connectivity index (χ2n) is 4.18. The molecule has 2 rings (SSSR count). The molecule has 1 aromatic heterocycles. The molecule has 0 aliphatic rings. The van der Waals surface area contributed by atoms with E-state index in [4.69, 9.17) is 0 Å². The molecule has 2 aromatic rings. The molecule has 6 heteroatoms. The Morgan fingerprint density at radius 3 is 2.42 bits per heavy atom. The molecule has 0 saturated carbocycles. The van der Waals surface area contributed by atoms with Gasteiger partial charge in [0.05, 0.1) is 12.7 Å². The van der Waals surface area contributed by atoms with Crippen LogP contribution in [0.15, 0.2) is 30.6 Å². The van der Waals surface area contributed by atoms with E-state index in [0.29, 0.717) is 18.7 Å². The molecule has 0 spiro atoms. The van der Waals surface area contributed by atoms with Gasteiger partial charge in [0.25, 0.3) is 0 Å². The first-order valence-electron chi connectivity index (χ1n) is 5.90. The summed E-state index contributed by atoms with van der Waals surface area (Å²) in [6.07, 6.45) is 3.37. The zero-order chi connectivity index (χ0) is 13.7. The van der Waals surface area contributed by atoms with Crippen LogP contribution in [0.2, 0.25) is 0 Å². The van der Waals surface area contributed by atoms with E-state index in [9.17, 15) is 13.2 Å². The van der Waals surface area contributed by atoms with Crippen LogP contribution in [-0.4, -0.2) is 16.5 Å². The summed E-state index contributed by atoms with van der Waals surface area (Å²) in [4.78, 5) is 0. The minimum atomic E-state index is -0.590. The standard InChI is InChI=1S/C13H14F3N3/c14-1-2-19-9-11(8-18-19)7-17-6-10-3-12(15)5-13(16)4-10/h3-5,8-9,17H,1-2,6-7H2. The smallest absolute Gasteiger partial charge is 0.126 e. The van der Waals surface area contributed by atoms with Crippen molar-refractivity contribution < 1.29 is 13.2 Å². The van der Waals surface area contributed by atoms with E-state index in [1.54, 1.807) is 12.4 Å². The van der Waals surface area contributed by atoms with Crippen molar-refractivity contribution in [2.45, 2.75) is 19.6 Å². The predicted octanol–water partition coefficient (Wildman–Crippen LogP) is 2.42. The van der Waals surface area contributed by atoms with Crippen molar-refractivity contribution in [1.82, 2.24) is 15.1 Å². The first-order chi connectivity index (χ1) is 9.17. The fraction of sp³-hybridized carbons (Fsp3) is 0.308. The highest BCUT2D eigenvalue weighted by Crippen LogP contribution is 2.08. The van der Waals surface area contributed by atoms with E-state index in [1.165, 1.54) is 16.8 Å². The van der Waals surface area contributed by atoms with Gasteiger partial charge in [0.15, 0.2) is 0 Å². The Hall–Kier alpha value is -1.82. The Morgan fingerprint density at radius 1 is 1.05 bits per heavy atom. The van der Waals surface area contributed by atoms with Gasteiger partial charge in [0.1, 0.15) is 18.3 Å². The fourth-order valence-electron chi connectivity index (χ4n) is 1.77. The Balaban J connectivity index is 1.85. The van der Waals surface area contributed by atoms with E-state index in [-0.39, 0.29) is 6.54 Å². The molecule has 0 unspecified atom stereocenters. The molecule has 0 aliphatic carbocycles. The van der Waals surface area contributed by atoms with Gasteiger partial charge in [-0.1, -0.05) is 0 Å². The van der Waals surface area contributed by atoms with Gasteiger partial charge in [-0.25, -0.2) is 13.2 Å². The van der Waals surface area contributed by atoms with Gasteiger partial charge in [-0.15, -0.1) is 0 Å². The quantitative estimate of drug-likeness (QED) is 0.872. The lowest BCUT2D eigenvalue weighted by Gasteiger charge is -2.04. The highest BCUT2D eigenvalue weighted by molar-refractivity contribution is 5.17. The summed E-state index contributed by atoms with van der Waals surface area (Å²) >= 11 is 0. The minimum absolute atomic E-state index is 0.231. The monoisotopic (exact) mass is 269 g/mol. The third kappa shape index (κ3) is 4.10. The maximum atomic E-state index is 12.9. The highest BCUT2D eigenvalue weighted by atomic mass is 19.1. The van der Waals surface area contributed by atoms with Crippen molar-refractivity contribution in [3.8, 4) is 0 Å². The summed E-state index contributed by atoms with van der Waals surface area (Å²) < 4.78 is 39.5. The first-order valence-corrected chi connectivity index (χ1v) is 5.90. The van der Waals surface area contributed by atoms with Crippen molar-refractivity contribution in [2.75, 3.05) is 6.67 Å². The van der Waals surface area contributed by atoms with Gasteiger partial charge in [-0.05, 0) is 17.7 Å². The van der Waals surface area contributed by atoms with Gasteiger partial charge < -0.3 is 5.32 Å². The number of aryl methyl sites for hydroxylation is 1. The Labute approximate surface area is 109 Å². The molecule has 3 nitrogen and oxygen atoms in total. The van der Waals surface area contributed by atoms with E-state index < -0.39 is 18.3 Å². The average molecular weight is 269 g/mol. The lowest BCUT2D eigenvalue weighted by atomic mass is 10.2. The van der Waals surface area contributed by atoms with Crippen LogP contribution in [0.5, 0.6) is 0 Å². The SMILES string of the molecule is FCCn1cc(CNCc2cc(F)cc(F)c2)cn1. The zero-order valence-electron chi connectivity index (χ0n) is 10.2. The molecule has 0 radical (unpaired) electrons. The number of nitrogens with one attached hydrogen (secondary N) is 1. The molecule has 19 heavy (non-hydrogen) atoms. The summed E-state index contributed by atoms with van der Waals surface area (Å²) in [5, 5.41) is 7.02. The van der Waals surface area contributed by atoms with E-state index in [1.807, 2.05) is 0 Å². The summed E-state index contributed by atoms with van der Waals surface area (Å²) in [5.41, 5.74) is 1.43. The van der Waals surface area contributed by atoms with Crippen LogP contribution >= 0.6 is 0 Å². The molecule has 1 heterocycles. The Kier molecular flexibility index (Phi) is 4.57. The van der Waals surface area contributed by atoms with Crippen LogP contribution in [0.1, 0.15) is 11.1 Å². The fourth-order valence-corrected chi connectivity index (χ4v) is 1.77. The molecule has 1 aromatic carbocycles. The Bertz CT molecular complexity index is 519. The van der Waals surface area contributed by atoms with Gasteiger partial charge >= 0.3 is 0 Å². The number of nitrogens with zero attached hydrogens (tertiary/aromatic N) is 2. The van der Waals surface area contributed by atoms with Crippen LogP contribution in [-0.2, 0) is 19.6 Å². The van der Waals surface area contributed by atoms with Crippen LogP contribution in [0.4, 0.5) is 13.2 Å². The van der Waals surface area contributed by atoms with E-state index in [0.717, 1.165) is 11.6 Å².